The van der Waals surface area contributed by atoms with Gasteiger partial charge in [-0.3, -0.25) is 9.59 Å². The van der Waals surface area contributed by atoms with Crippen molar-refractivity contribution in [1.29, 1.82) is 0 Å². The first kappa shape index (κ1) is 21.9. The van der Waals surface area contributed by atoms with E-state index in [4.69, 9.17) is 16.3 Å². The molecular weight excluding hydrogens is 406 g/mol. The third kappa shape index (κ3) is 4.92. The van der Waals surface area contributed by atoms with Gasteiger partial charge in [0.2, 0.25) is 15.9 Å². The second kappa shape index (κ2) is 9.22. The summed E-state index contributed by atoms with van der Waals surface area (Å²) in [5, 5.41) is 3.02. The van der Waals surface area contributed by atoms with Gasteiger partial charge in [0.15, 0.2) is 0 Å². The maximum Gasteiger partial charge on any atom is 0.251 e. The largest absolute Gasteiger partial charge is 0.495 e. The number of ether oxygens (including phenoxy) is 1. The van der Waals surface area contributed by atoms with Crippen LogP contribution in [0.25, 0.3) is 0 Å². The minimum Gasteiger partial charge on any atom is -0.495 e. The molecule has 0 spiro atoms. The molecule has 0 saturated heterocycles. The zero-order chi connectivity index (χ0) is 20.9. The van der Waals surface area contributed by atoms with Crippen molar-refractivity contribution in [3.63, 3.8) is 0 Å². The van der Waals surface area contributed by atoms with Crippen LogP contribution in [0.3, 0.4) is 0 Å². The summed E-state index contributed by atoms with van der Waals surface area (Å²) in [4.78, 5) is 24.4. The van der Waals surface area contributed by atoms with Crippen LogP contribution in [0.5, 0.6) is 5.75 Å². The minimum atomic E-state index is -3.75. The number of rotatable bonds is 8. The van der Waals surface area contributed by atoms with Crippen molar-refractivity contribution in [2.24, 2.45) is 0 Å². The Bertz CT molecular complexity index is 1020. The summed E-state index contributed by atoms with van der Waals surface area (Å²) in [6.07, 6.45) is 1.17. The highest BCUT2D eigenvalue weighted by molar-refractivity contribution is 7.89. The molecule has 0 aliphatic rings. The van der Waals surface area contributed by atoms with E-state index in [9.17, 15) is 18.0 Å². The van der Waals surface area contributed by atoms with Crippen molar-refractivity contribution >= 4 is 33.2 Å². The Labute approximate surface area is 168 Å². The molecule has 2 rings (SSSR count). The van der Waals surface area contributed by atoms with Crippen molar-refractivity contribution < 1.29 is 17.9 Å². The number of benzene rings is 1. The van der Waals surface area contributed by atoms with Gasteiger partial charge in [0, 0.05) is 30.4 Å². The molecule has 1 aromatic heterocycles. The van der Waals surface area contributed by atoms with E-state index >= 15 is 0 Å². The van der Waals surface area contributed by atoms with Crippen LogP contribution in [-0.4, -0.2) is 43.4 Å². The van der Waals surface area contributed by atoms with Crippen molar-refractivity contribution in [3.8, 4) is 5.75 Å². The van der Waals surface area contributed by atoms with Crippen molar-refractivity contribution in [2.45, 2.75) is 25.3 Å². The Hall–Kier alpha value is -2.36. The monoisotopic (exact) mass is 427 g/mol. The number of halogens is 1. The molecule has 152 valence electrons. The lowest BCUT2D eigenvalue weighted by atomic mass is 10.3. The predicted molar refractivity (Wildman–Crippen MR) is 107 cm³/mol. The van der Waals surface area contributed by atoms with Crippen molar-refractivity contribution in [3.05, 3.63) is 51.9 Å². The minimum absolute atomic E-state index is 0.0519. The number of anilines is 1. The average Bonchev–Trinajstić information content (AvgIpc) is 2.64. The van der Waals surface area contributed by atoms with Crippen LogP contribution < -0.4 is 15.6 Å². The molecule has 1 aromatic carbocycles. The highest BCUT2D eigenvalue weighted by atomic mass is 35.5. The molecule has 0 aliphatic carbocycles. The smallest absolute Gasteiger partial charge is 0.251 e. The molecule has 2 aromatic rings. The standard InChI is InChI=1S/C18H22ClN3O5S/c1-4-22(5-2)28(25,26)14-7-9-18(24)21(11-14)12-17(23)20-15-10-13(19)6-8-16(15)27-3/h6-11H,4-5,12H2,1-3H3,(H,20,23). The number of methoxy groups -OCH3 is 1. The molecule has 1 amide bonds. The predicted octanol–water partition coefficient (Wildman–Crippen LogP) is 2.18. The number of nitrogens with one attached hydrogen (secondary N) is 1. The fourth-order valence-electron chi connectivity index (χ4n) is 2.62. The topological polar surface area (TPSA) is 97.7 Å². The summed E-state index contributed by atoms with van der Waals surface area (Å²) in [7, 11) is -2.30. The fraction of sp³-hybridized carbons (Fsp3) is 0.333. The van der Waals surface area contributed by atoms with Gasteiger partial charge < -0.3 is 14.6 Å². The SMILES string of the molecule is CCN(CC)S(=O)(=O)c1ccc(=O)n(CC(=O)Nc2cc(Cl)ccc2OC)c1. The van der Waals surface area contributed by atoms with Crippen LogP contribution in [0.4, 0.5) is 5.69 Å². The van der Waals surface area contributed by atoms with E-state index in [-0.39, 0.29) is 11.4 Å². The number of pyridine rings is 1. The van der Waals surface area contributed by atoms with Crippen LogP contribution in [-0.2, 0) is 21.4 Å². The highest BCUT2D eigenvalue weighted by Gasteiger charge is 2.22. The Morgan fingerprint density at radius 1 is 1.21 bits per heavy atom. The summed E-state index contributed by atoms with van der Waals surface area (Å²) in [6.45, 7) is 3.68. The molecule has 8 nitrogen and oxygen atoms in total. The molecule has 0 atom stereocenters. The zero-order valence-electron chi connectivity index (χ0n) is 15.8. The van der Waals surface area contributed by atoms with Crippen LogP contribution >= 0.6 is 11.6 Å². The quantitative estimate of drug-likeness (QED) is 0.696. The lowest BCUT2D eigenvalue weighted by Crippen LogP contribution is -2.33. The van der Waals surface area contributed by atoms with E-state index in [0.29, 0.717) is 29.5 Å². The van der Waals surface area contributed by atoms with Crippen LogP contribution in [0, 0.1) is 0 Å². The number of carbonyl (C=O) groups is 1. The maximum atomic E-state index is 12.6. The fourth-order valence-corrected chi connectivity index (χ4v) is 4.27. The normalized spacial score (nSPS) is 11.5. The average molecular weight is 428 g/mol. The molecule has 0 saturated carbocycles. The molecule has 1 N–H and O–H groups in total. The van der Waals surface area contributed by atoms with Crippen LogP contribution in [0.1, 0.15) is 13.8 Å². The number of aromatic nitrogens is 1. The number of carbonyl (C=O) groups excluding carboxylic acids is 1. The van der Waals surface area contributed by atoms with Gasteiger partial charge in [0.25, 0.3) is 5.56 Å². The molecule has 0 radical (unpaired) electrons. The van der Waals surface area contributed by atoms with E-state index in [1.165, 1.54) is 29.7 Å². The molecular formula is C18H22ClN3O5S. The lowest BCUT2D eigenvalue weighted by Gasteiger charge is -2.19. The molecule has 0 fully saturated rings. The number of hydrogen-bond acceptors (Lipinski definition) is 5. The van der Waals surface area contributed by atoms with Gasteiger partial charge in [-0.1, -0.05) is 25.4 Å². The Morgan fingerprint density at radius 3 is 2.50 bits per heavy atom. The number of hydrogen-bond donors (Lipinski definition) is 1. The second-order valence-corrected chi connectivity index (χ2v) is 8.19. The maximum absolute atomic E-state index is 12.6. The first-order chi connectivity index (χ1) is 13.2. The highest BCUT2D eigenvalue weighted by Crippen LogP contribution is 2.27. The van der Waals surface area contributed by atoms with Crippen molar-refractivity contribution in [2.75, 3.05) is 25.5 Å². The number of nitrogens with zero attached hydrogens (tertiary/aromatic N) is 2. The molecule has 0 unspecified atom stereocenters. The first-order valence-corrected chi connectivity index (χ1v) is 10.4. The van der Waals surface area contributed by atoms with E-state index in [1.807, 2.05) is 0 Å². The third-order valence-corrected chi connectivity index (χ3v) is 6.32. The molecule has 10 heteroatoms. The number of sulfonamides is 1. The number of amides is 1. The molecule has 28 heavy (non-hydrogen) atoms. The van der Waals surface area contributed by atoms with Crippen LogP contribution in [0.15, 0.2) is 46.2 Å². The Morgan fingerprint density at radius 2 is 1.89 bits per heavy atom. The van der Waals surface area contributed by atoms with Gasteiger partial charge in [-0.25, -0.2) is 8.42 Å². The summed E-state index contributed by atoms with van der Waals surface area (Å²) < 4.78 is 32.7. The zero-order valence-corrected chi connectivity index (χ0v) is 17.4. The summed E-state index contributed by atoms with van der Waals surface area (Å²) >= 11 is 5.94. The van der Waals surface area contributed by atoms with Gasteiger partial charge in [0.1, 0.15) is 12.3 Å². The van der Waals surface area contributed by atoms with Crippen molar-refractivity contribution in [1.82, 2.24) is 8.87 Å². The Balaban J connectivity index is 2.28. The van der Waals surface area contributed by atoms with E-state index in [1.54, 1.807) is 26.0 Å². The summed E-state index contributed by atoms with van der Waals surface area (Å²) in [6, 6.07) is 7.10. The second-order valence-electron chi connectivity index (χ2n) is 5.81. The van der Waals surface area contributed by atoms with Crippen LogP contribution in [0.2, 0.25) is 5.02 Å². The van der Waals surface area contributed by atoms with Gasteiger partial charge in [-0.15, -0.1) is 0 Å². The van der Waals surface area contributed by atoms with Gasteiger partial charge >= 0.3 is 0 Å². The summed E-state index contributed by atoms with van der Waals surface area (Å²) in [5.41, 5.74) is -0.147. The van der Waals surface area contributed by atoms with E-state index < -0.39 is 21.5 Å². The Kier molecular flexibility index (Phi) is 7.22. The lowest BCUT2D eigenvalue weighted by molar-refractivity contribution is -0.116. The summed E-state index contributed by atoms with van der Waals surface area (Å²) in [5.74, 6) is -0.122. The third-order valence-electron chi connectivity index (χ3n) is 4.05. The van der Waals surface area contributed by atoms with E-state index in [0.717, 1.165) is 10.6 Å². The van der Waals surface area contributed by atoms with E-state index in [2.05, 4.69) is 5.32 Å². The molecule has 0 bridgehead atoms. The van der Waals surface area contributed by atoms with Gasteiger partial charge in [-0.05, 0) is 24.3 Å². The molecule has 0 aliphatic heterocycles. The molecule has 1 heterocycles. The van der Waals surface area contributed by atoms with Gasteiger partial charge in [0.05, 0.1) is 17.7 Å². The van der Waals surface area contributed by atoms with Gasteiger partial charge in [-0.2, -0.15) is 4.31 Å². The first-order valence-electron chi connectivity index (χ1n) is 8.57.